The van der Waals surface area contributed by atoms with Crippen molar-refractivity contribution >= 4 is 17.2 Å². The van der Waals surface area contributed by atoms with E-state index in [4.69, 9.17) is 5.73 Å². The van der Waals surface area contributed by atoms with Gasteiger partial charge in [0.15, 0.2) is 0 Å². The average Bonchev–Trinajstić information content (AvgIpc) is 2.74. The van der Waals surface area contributed by atoms with Crippen LogP contribution in [0.4, 0.5) is 0 Å². The predicted molar refractivity (Wildman–Crippen MR) is 69.9 cm³/mol. The van der Waals surface area contributed by atoms with E-state index in [0.29, 0.717) is 0 Å². The van der Waals surface area contributed by atoms with Crippen molar-refractivity contribution in [2.24, 2.45) is 10.7 Å². The normalized spacial score (nSPS) is 20.8. The molecule has 0 saturated carbocycles. The number of nitrogens with two attached hydrogens (primary N) is 1. The number of amidine groups is 1. The molecule has 1 atom stereocenters. The Morgan fingerprint density at radius 2 is 2.50 bits per heavy atom. The summed E-state index contributed by atoms with van der Waals surface area (Å²) >= 11 is 1.78. The van der Waals surface area contributed by atoms with Crippen LogP contribution in [-0.4, -0.2) is 12.4 Å². The first-order valence-electron chi connectivity index (χ1n) is 5.93. The summed E-state index contributed by atoms with van der Waals surface area (Å²) in [6.07, 6.45) is 4.60. The van der Waals surface area contributed by atoms with Crippen LogP contribution in [0.3, 0.4) is 0 Å². The molecule has 0 saturated heterocycles. The van der Waals surface area contributed by atoms with Gasteiger partial charge >= 0.3 is 0 Å². The smallest absolute Gasteiger partial charge is 0.137 e. The number of thiophene rings is 1. The number of unbranched alkanes of at least 4 members (excludes halogenated alkanes) is 1. The fourth-order valence-corrected chi connectivity index (χ4v) is 2.89. The lowest BCUT2D eigenvalue weighted by Crippen LogP contribution is -2.32. The Hall–Kier alpha value is -0.870. The second kappa shape index (κ2) is 5.46. The zero-order chi connectivity index (χ0) is 11.4. The maximum absolute atomic E-state index is 5.80. The highest BCUT2D eigenvalue weighted by atomic mass is 32.1. The van der Waals surface area contributed by atoms with Crippen LogP contribution in [-0.2, 0) is 6.42 Å². The van der Waals surface area contributed by atoms with E-state index in [9.17, 15) is 0 Å². The van der Waals surface area contributed by atoms with Gasteiger partial charge in [-0.15, -0.1) is 11.3 Å². The molecular formula is C12H19N3S. The summed E-state index contributed by atoms with van der Waals surface area (Å²) in [5.41, 5.74) is 7.23. The molecule has 0 amide bonds. The second-order valence-electron chi connectivity index (χ2n) is 4.14. The van der Waals surface area contributed by atoms with Crippen LogP contribution in [0.25, 0.3) is 0 Å². The van der Waals surface area contributed by atoms with E-state index < -0.39 is 0 Å². The van der Waals surface area contributed by atoms with E-state index in [1.54, 1.807) is 11.3 Å². The molecule has 4 heteroatoms. The van der Waals surface area contributed by atoms with Gasteiger partial charge in [0, 0.05) is 17.8 Å². The number of hydrogen-bond acceptors (Lipinski definition) is 4. The minimum absolute atomic E-state index is 0.0978. The SMILES string of the molecule is CCCCc1ccsc1C1N=C(N)CCN1. The molecule has 2 rings (SSSR count). The maximum atomic E-state index is 5.80. The molecule has 0 aromatic carbocycles. The Morgan fingerprint density at radius 1 is 1.62 bits per heavy atom. The van der Waals surface area contributed by atoms with Gasteiger partial charge in [-0.3, -0.25) is 5.32 Å². The largest absolute Gasteiger partial charge is 0.387 e. The summed E-state index contributed by atoms with van der Waals surface area (Å²) in [4.78, 5) is 5.83. The van der Waals surface area contributed by atoms with E-state index >= 15 is 0 Å². The molecule has 2 heterocycles. The minimum atomic E-state index is 0.0978. The van der Waals surface area contributed by atoms with Gasteiger partial charge in [0.05, 0.1) is 5.84 Å². The number of hydrogen-bond donors (Lipinski definition) is 2. The van der Waals surface area contributed by atoms with E-state index in [0.717, 1.165) is 25.2 Å². The molecule has 1 aliphatic rings. The molecular weight excluding hydrogens is 218 g/mol. The molecule has 16 heavy (non-hydrogen) atoms. The third-order valence-corrected chi connectivity index (χ3v) is 3.85. The number of rotatable bonds is 4. The van der Waals surface area contributed by atoms with Crippen molar-refractivity contribution in [2.45, 2.75) is 38.8 Å². The van der Waals surface area contributed by atoms with E-state index in [2.05, 4.69) is 28.7 Å². The van der Waals surface area contributed by atoms with Crippen molar-refractivity contribution in [1.29, 1.82) is 0 Å². The second-order valence-corrected chi connectivity index (χ2v) is 5.09. The van der Waals surface area contributed by atoms with Gasteiger partial charge in [0.25, 0.3) is 0 Å². The van der Waals surface area contributed by atoms with Gasteiger partial charge in [-0.1, -0.05) is 13.3 Å². The Kier molecular flexibility index (Phi) is 3.96. The van der Waals surface area contributed by atoms with E-state index in [1.807, 2.05) is 0 Å². The maximum Gasteiger partial charge on any atom is 0.137 e. The Labute approximate surface area is 101 Å². The molecule has 1 aromatic rings. The molecule has 0 aliphatic carbocycles. The quantitative estimate of drug-likeness (QED) is 0.845. The van der Waals surface area contributed by atoms with Gasteiger partial charge in [-0.25, -0.2) is 4.99 Å². The first-order chi connectivity index (χ1) is 7.81. The number of aliphatic imine (C=N–C) groups is 1. The fraction of sp³-hybridized carbons (Fsp3) is 0.583. The summed E-state index contributed by atoms with van der Waals surface area (Å²) in [7, 11) is 0. The van der Waals surface area contributed by atoms with Crippen LogP contribution in [0, 0.1) is 0 Å². The van der Waals surface area contributed by atoms with Gasteiger partial charge in [0.2, 0.25) is 0 Å². The monoisotopic (exact) mass is 237 g/mol. The molecule has 0 radical (unpaired) electrons. The molecule has 0 spiro atoms. The van der Waals surface area contributed by atoms with Crippen molar-refractivity contribution in [3.8, 4) is 0 Å². The number of aryl methyl sites for hydroxylation is 1. The molecule has 1 aromatic heterocycles. The highest BCUT2D eigenvalue weighted by molar-refractivity contribution is 7.10. The highest BCUT2D eigenvalue weighted by Gasteiger charge is 2.18. The molecule has 3 N–H and O–H groups in total. The van der Waals surface area contributed by atoms with Gasteiger partial charge < -0.3 is 5.73 Å². The zero-order valence-corrected chi connectivity index (χ0v) is 10.5. The molecule has 1 unspecified atom stereocenters. The van der Waals surface area contributed by atoms with Crippen molar-refractivity contribution in [3.63, 3.8) is 0 Å². The summed E-state index contributed by atoms with van der Waals surface area (Å²) in [5, 5.41) is 5.57. The third-order valence-electron chi connectivity index (χ3n) is 2.84. The van der Waals surface area contributed by atoms with Gasteiger partial charge in [-0.2, -0.15) is 0 Å². The number of nitrogens with zero attached hydrogens (tertiary/aromatic N) is 1. The Morgan fingerprint density at radius 3 is 3.25 bits per heavy atom. The van der Waals surface area contributed by atoms with Crippen molar-refractivity contribution < 1.29 is 0 Å². The van der Waals surface area contributed by atoms with Crippen molar-refractivity contribution in [2.75, 3.05) is 6.54 Å². The predicted octanol–water partition coefficient (Wildman–Crippen LogP) is 2.44. The summed E-state index contributed by atoms with van der Waals surface area (Å²) in [5.74, 6) is 0.776. The summed E-state index contributed by atoms with van der Waals surface area (Å²) in [6.45, 7) is 3.16. The number of nitrogens with one attached hydrogen (secondary N) is 1. The highest BCUT2D eigenvalue weighted by Crippen LogP contribution is 2.28. The minimum Gasteiger partial charge on any atom is -0.387 e. The molecule has 0 bridgehead atoms. The average molecular weight is 237 g/mol. The first kappa shape index (κ1) is 11.6. The molecule has 0 fully saturated rings. The van der Waals surface area contributed by atoms with E-state index in [-0.39, 0.29) is 6.17 Å². The van der Waals surface area contributed by atoms with Gasteiger partial charge in [0.1, 0.15) is 6.17 Å². The van der Waals surface area contributed by atoms with Crippen molar-refractivity contribution in [1.82, 2.24) is 5.32 Å². The standard InChI is InChI=1S/C12H19N3S/c1-2-3-4-9-6-8-16-11(9)12-14-7-5-10(13)15-12/h6,8,12,14H,2-5,7H2,1H3,(H2,13,15). The van der Waals surface area contributed by atoms with Gasteiger partial charge in [-0.05, 0) is 29.9 Å². The lowest BCUT2D eigenvalue weighted by atomic mass is 10.1. The lowest BCUT2D eigenvalue weighted by Gasteiger charge is -2.20. The van der Waals surface area contributed by atoms with Crippen LogP contribution >= 0.6 is 11.3 Å². The van der Waals surface area contributed by atoms with Crippen LogP contribution in [0.1, 0.15) is 42.8 Å². The molecule has 1 aliphatic heterocycles. The zero-order valence-electron chi connectivity index (χ0n) is 9.70. The Balaban J connectivity index is 2.13. The third kappa shape index (κ3) is 2.62. The van der Waals surface area contributed by atoms with Crippen LogP contribution in [0.2, 0.25) is 0 Å². The van der Waals surface area contributed by atoms with Crippen molar-refractivity contribution in [3.05, 3.63) is 21.9 Å². The fourth-order valence-electron chi connectivity index (χ4n) is 1.93. The van der Waals surface area contributed by atoms with Crippen LogP contribution in [0.5, 0.6) is 0 Å². The topological polar surface area (TPSA) is 50.4 Å². The molecule has 3 nitrogen and oxygen atoms in total. The summed E-state index contributed by atoms with van der Waals surface area (Å²) < 4.78 is 0. The van der Waals surface area contributed by atoms with Crippen LogP contribution < -0.4 is 11.1 Å². The Bertz CT molecular complexity index is 370. The van der Waals surface area contributed by atoms with Crippen LogP contribution in [0.15, 0.2) is 16.4 Å². The summed E-state index contributed by atoms with van der Waals surface area (Å²) in [6, 6.07) is 2.22. The molecule has 88 valence electrons. The first-order valence-corrected chi connectivity index (χ1v) is 6.81. The lowest BCUT2D eigenvalue weighted by molar-refractivity contribution is 0.543. The van der Waals surface area contributed by atoms with E-state index in [1.165, 1.54) is 23.3 Å².